The fourth-order valence-corrected chi connectivity index (χ4v) is 4.51. The third-order valence-electron chi connectivity index (χ3n) is 5.07. The van der Waals surface area contributed by atoms with Crippen molar-refractivity contribution in [3.63, 3.8) is 0 Å². The summed E-state index contributed by atoms with van der Waals surface area (Å²) in [5.74, 6) is -0.535. The molecule has 1 heterocycles. The molecule has 1 aliphatic rings. The van der Waals surface area contributed by atoms with Crippen LogP contribution in [0.4, 0.5) is 5.69 Å². The van der Waals surface area contributed by atoms with Crippen LogP contribution in [0.15, 0.2) is 53.4 Å². The molecule has 7 heteroatoms. The minimum atomic E-state index is -3.75. The van der Waals surface area contributed by atoms with Crippen LogP contribution in [-0.2, 0) is 25.0 Å². The van der Waals surface area contributed by atoms with Gasteiger partial charge in [0.05, 0.1) is 10.6 Å². The molecule has 6 nitrogen and oxygen atoms in total. The second-order valence-electron chi connectivity index (χ2n) is 8.33. The lowest BCUT2D eigenvalue weighted by atomic mass is 9.86. The van der Waals surface area contributed by atoms with Crippen molar-refractivity contribution in [3.8, 4) is 0 Å². The molecule has 0 bridgehead atoms. The molecule has 2 amide bonds. The average molecular weight is 415 g/mol. The van der Waals surface area contributed by atoms with Crippen LogP contribution in [0.5, 0.6) is 0 Å². The Morgan fingerprint density at radius 3 is 1.90 bits per heavy atom. The van der Waals surface area contributed by atoms with E-state index in [9.17, 15) is 18.0 Å². The maximum atomic E-state index is 12.7. The molecule has 1 saturated heterocycles. The summed E-state index contributed by atoms with van der Waals surface area (Å²) in [6.07, 6.45) is 0.373. The molecule has 1 N–H and O–H groups in total. The van der Waals surface area contributed by atoms with E-state index >= 15 is 0 Å². The number of hydrogen-bond donors (Lipinski definition) is 1. The molecule has 0 saturated carbocycles. The molecule has 0 aliphatic carbocycles. The Kier molecular flexibility index (Phi) is 5.65. The topological polar surface area (TPSA) is 83.6 Å². The fraction of sp³-hybridized carbons (Fsp3) is 0.364. The van der Waals surface area contributed by atoms with Gasteiger partial charge in [-0.2, -0.15) is 0 Å². The van der Waals surface area contributed by atoms with E-state index in [1.54, 1.807) is 6.92 Å². The number of carbonyl (C=O) groups excluding carboxylic acids is 2. The van der Waals surface area contributed by atoms with E-state index in [0.29, 0.717) is 5.69 Å². The SMILES string of the molecule is CC(NS(=O)(=O)c1ccc(N2C(=O)CCC2=O)cc1)c1ccc(C(C)(C)C)cc1. The second kappa shape index (κ2) is 7.72. The van der Waals surface area contributed by atoms with Crippen molar-refractivity contribution in [2.24, 2.45) is 0 Å². The van der Waals surface area contributed by atoms with Crippen molar-refractivity contribution >= 4 is 27.5 Å². The van der Waals surface area contributed by atoms with Crippen LogP contribution in [0.1, 0.15) is 57.7 Å². The number of hydrogen-bond acceptors (Lipinski definition) is 4. The molecule has 154 valence electrons. The van der Waals surface area contributed by atoms with Gasteiger partial charge in [-0.25, -0.2) is 13.1 Å². The quantitative estimate of drug-likeness (QED) is 0.757. The lowest BCUT2D eigenvalue weighted by Gasteiger charge is -2.21. The van der Waals surface area contributed by atoms with Crippen molar-refractivity contribution in [1.29, 1.82) is 0 Å². The van der Waals surface area contributed by atoms with Crippen LogP contribution in [-0.4, -0.2) is 20.2 Å². The molecule has 3 rings (SSSR count). The van der Waals surface area contributed by atoms with Crippen molar-refractivity contribution in [2.45, 2.75) is 56.9 Å². The van der Waals surface area contributed by atoms with Gasteiger partial charge in [0.2, 0.25) is 21.8 Å². The van der Waals surface area contributed by atoms with Gasteiger partial charge in [-0.3, -0.25) is 14.5 Å². The van der Waals surface area contributed by atoms with Gasteiger partial charge < -0.3 is 0 Å². The first kappa shape index (κ1) is 21.2. The minimum Gasteiger partial charge on any atom is -0.274 e. The zero-order valence-corrected chi connectivity index (χ0v) is 17.9. The molecule has 2 aromatic carbocycles. The Hall–Kier alpha value is -2.51. The van der Waals surface area contributed by atoms with E-state index in [2.05, 4.69) is 25.5 Å². The second-order valence-corrected chi connectivity index (χ2v) is 10.0. The van der Waals surface area contributed by atoms with Crippen LogP contribution >= 0.6 is 0 Å². The Balaban J connectivity index is 1.75. The van der Waals surface area contributed by atoms with Crippen LogP contribution in [0.2, 0.25) is 0 Å². The van der Waals surface area contributed by atoms with Gasteiger partial charge in [-0.1, -0.05) is 45.0 Å². The third-order valence-corrected chi connectivity index (χ3v) is 6.62. The van der Waals surface area contributed by atoms with Crippen molar-refractivity contribution in [3.05, 3.63) is 59.7 Å². The summed E-state index contributed by atoms with van der Waals surface area (Å²) in [6, 6.07) is 13.3. The molecule has 1 aliphatic heterocycles. The van der Waals surface area contributed by atoms with Gasteiger partial charge in [0.25, 0.3) is 0 Å². The number of rotatable bonds is 5. The lowest BCUT2D eigenvalue weighted by Crippen LogP contribution is -2.29. The summed E-state index contributed by atoms with van der Waals surface area (Å²) in [7, 11) is -3.75. The zero-order valence-electron chi connectivity index (χ0n) is 17.1. The number of imide groups is 1. The van der Waals surface area contributed by atoms with E-state index < -0.39 is 16.1 Å². The zero-order chi connectivity index (χ0) is 21.4. The van der Waals surface area contributed by atoms with Gasteiger partial charge >= 0.3 is 0 Å². The predicted octanol–water partition coefficient (Wildman–Crippen LogP) is 3.68. The van der Waals surface area contributed by atoms with Crippen LogP contribution in [0, 0.1) is 0 Å². The van der Waals surface area contributed by atoms with E-state index in [-0.39, 0.29) is 35.0 Å². The number of carbonyl (C=O) groups is 2. The largest absolute Gasteiger partial charge is 0.274 e. The summed E-state index contributed by atoms with van der Waals surface area (Å²) in [5.41, 5.74) is 2.47. The minimum absolute atomic E-state index is 0.0289. The molecule has 1 unspecified atom stereocenters. The number of benzene rings is 2. The molecule has 1 fully saturated rings. The van der Waals surface area contributed by atoms with Gasteiger partial charge in [-0.15, -0.1) is 0 Å². The first-order valence-electron chi connectivity index (χ1n) is 9.58. The smallest absolute Gasteiger partial charge is 0.241 e. The van der Waals surface area contributed by atoms with Gasteiger partial charge in [-0.05, 0) is 47.7 Å². The van der Waals surface area contributed by atoms with Gasteiger partial charge in [0, 0.05) is 18.9 Å². The molecular formula is C22H26N2O4S. The molecule has 29 heavy (non-hydrogen) atoms. The first-order valence-corrected chi connectivity index (χ1v) is 11.1. The van der Waals surface area contributed by atoms with Crippen molar-refractivity contribution in [2.75, 3.05) is 4.90 Å². The Morgan fingerprint density at radius 1 is 0.897 bits per heavy atom. The number of amides is 2. The Bertz CT molecular complexity index is 1000. The monoisotopic (exact) mass is 414 g/mol. The Morgan fingerprint density at radius 2 is 1.41 bits per heavy atom. The fourth-order valence-electron chi connectivity index (χ4n) is 3.28. The standard InChI is InChI=1S/C22H26N2O4S/c1-15(16-5-7-17(8-6-16)22(2,3)4)23-29(27,28)19-11-9-18(10-12-19)24-20(25)13-14-21(24)26/h5-12,15,23H,13-14H2,1-4H3. The van der Waals surface area contributed by atoms with E-state index in [0.717, 1.165) is 10.5 Å². The number of sulfonamides is 1. The van der Waals surface area contributed by atoms with E-state index in [4.69, 9.17) is 0 Å². The van der Waals surface area contributed by atoms with Gasteiger partial charge in [0.1, 0.15) is 0 Å². The number of nitrogens with zero attached hydrogens (tertiary/aromatic N) is 1. The highest BCUT2D eigenvalue weighted by Gasteiger charge is 2.30. The number of nitrogens with one attached hydrogen (secondary N) is 1. The van der Waals surface area contributed by atoms with Crippen LogP contribution < -0.4 is 9.62 Å². The van der Waals surface area contributed by atoms with Crippen LogP contribution in [0.3, 0.4) is 0 Å². The molecule has 0 radical (unpaired) electrons. The lowest BCUT2D eigenvalue weighted by molar-refractivity contribution is -0.121. The molecular weight excluding hydrogens is 388 g/mol. The summed E-state index contributed by atoms with van der Waals surface area (Å²) in [6.45, 7) is 8.17. The highest BCUT2D eigenvalue weighted by molar-refractivity contribution is 7.89. The average Bonchev–Trinajstić information content (AvgIpc) is 2.99. The first-order chi connectivity index (χ1) is 13.5. The van der Waals surface area contributed by atoms with Gasteiger partial charge in [0.15, 0.2) is 0 Å². The number of anilines is 1. The van der Waals surface area contributed by atoms with Crippen molar-refractivity contribution in [1.82, 2.24) is 4.72 Å². The summed E-state index contributed by atoms with van der Waals surface area (Å²) < 4.78 is 28.2. The maximum Gasteiger partial charge on any atom is 0.241 e. The summed E-state index contributed by atoms with van der Waals surface area (Å²) in [4.78, 5) is 24.8. The Labute approximate surface area is 172 Å². The maximum absolute atomic E-state index is 12.7. The highest BCUT2D eigenvalue weighted by atomic mass is 32.2. The normalized spacial score (nSPS) is 16.3. The molecule has 2 aromatic rings. The van der Waals surface area contributed by atoms with Crippen LogP contribution in [0.25, 0.3) is 0 Å². The summed E-state index contributed by atoms with van der Waals surface area (Å²) in [5, 5.41) is 0. The summed E-state index contributed by atoms with van der Waals surface area (Å²) >= 11 is 0. The predicted molar refractivity (Wildman–Crippen MR) is 112 cm³/mol. The molecule has 0 spiro atoms. The third kappa shape index (κ3) is 4.57. The van der Waals surface area contributed by atoms with E-state index in [1.807, 2.05) is 24.3 Å². The molecule has 1 atom stereocenters. The van der Waals surface area contributed by atoms with Crippen molar-refractivity contribution < 1.29 is 18.0 Å². The van der Waals surface area contributed by atoms with E-state index in [1.165, 1.54) is 29.8 Å². The highest BCUT2D eigenvalue weighted by Crippen LogP contribution is 2.26. The molecule has 0 aromatic heterocycles.